The molecule has 0 aliphatic carbocycles. The topological polar surface area (TPSA) is 93.1 Å². The van der Waals surface area contributed by atoms with Crippen LogP contribution in [-0.2, 0) is 0 Å². The number of hydrogen-bond donors (Lipinski definition) is 2. The molecule has 0 bridgehead atoms. The first-order chi connectivity index (χ1) is 14.6. The Morgan fingerprint density at radius 1 is 1.16 bits per heavy atom. The van der Waals surface area contributed by atoms with Crippen LogP contribution in [0.4, 0.5) is 13.2 Å². The molecule has 2 aromatic heterocycles. The molecule has 2 rings (SSSR count). The lowest BCUT2D eigenvalue weighted by molar-refractivity contribution is -0.155. The molecular formula is C21H25F3N4O3. The fourth-order valence-electron chi connectivity index (χ4n) is 2.80. The van der Waals surface area contributed by atoms with Crippen molar-refractivity contribution in [3.8, 4) is 0 Å². The fourth-order valence-corrected chi connectivity index (χ4v) is 2.80. The van der Waals surface area contributed by atoms with Crippen molar-refractivity contribution in [1.29, 1.82) is 0 Å². The molecular weight excluding hydrogens is 413 g/mol. The highest BCUT2D eigenvalue weighted by Gasteiger charge is 2.42. The molecule has 0 fully saturated rings. The maximum atomic E-state index is 13.6. The molecule has 2 amide bonds. The second-order valence-electron chi connectivity index (χ2n) is 7.30. The zero-order valence-corrected chi connectivity index (χ0v) is 17.5. The van der Waals surface area contributed by atoms with Crippen molar-refractivity contribution in [3.63, 3.8) is 0 Å². The maximum Gasteiger partial charge on any atom is 0.412 e. The van der Waals surface area contributed by atoms with Crippen LogP contribution in [-0.4, -0.2) is 34.1 Å². The summed E-state index contributed by atoms with van der Waals surface area (Å²) >= 11 is 0. The summed E-state index contributed by atoms with van der Waals surface area (Å²) in [5, 5.41) is 4.46. The van der Waals surface area contributed by atoms with Crippen LogP contribution in [0, 0.1) is 0 Å². The number of hydrogen-bond acceptors (Lipinski definition) is 4. The molecule has 0 aromatic carbocycles. The Bertz CT molecular complexity index is 972. The molecule has 0 radical (unpaired) electrons. The molecule has 2 aromatic rings. The highest BCUT2D eigenvalue weighted by Crippen LogP contribution is 2.32. The SMILES string of the molecule is CCCCNC(=O)c1cn(C(C)C)cc(C(=O)N[C@@H](c2cccnc2)C(F)(F)F)c1=O. The smallest absolute Gasteiger partial charge is 0.352 e. The van der Waals surface area contributed by atoms with Gasteiger partial charge in [-0.1, -0.05) is 19.4 Å². The van der Waals surface area contributed by atoms with Crippen molar-refractivity contribution in [2.75, 3.05) is 6.54 Å². The van der Waals surface area contributed by atoms with Crippen LogP contribution in [0.5, 0.6) is 0 Å². The summed E-state index contributed by atoms with van der Waals surface area (Å²) in [5.74, 6) is -1.91. The lowest BCUT2D eigenvalue weighted by Gasteiger charge is -2.22. The Labute approximate surface area is 177 Å². The second-order valence-corrected chi connectivity index (χ2v) is 7.30. The minimum atomic E-state index is -4.81. The number of unbranched alkanes of at least 4 members (excludes halogenated alkanes) is 1. The molecule has 168 valence electrons. The molecule has 7 nitrogen and oxygen atoms in total. The zero-order chi connectivity index (χ0) is 23.2. The first-order valence-electron chi connectivity index (χ1n) is 9.87. The number of aromatic nitrogens is 2. The molecule has 2 N–H and O–H groups in total. The third-order valence-corrected chi connectivity index (χ3v) is 4.57. The fraction of sp³-hybridized carbons (Fsp3) is 0.429. The van der Waals surface area contributed by atoms with E-state index in [2.05, 4.69) is 10.3 Å². The van der Waals surface area contributed by atoms with Crippen LogP contribution >= 0.6 is 0 Å². The number of amides is 2. The first kappa shape index (κ1) is 24.1. The maximum absolute atomic E-state index is 13.6. The van der Waals surface area contributed by atoms with Crippen LogP contribution in [0.1, 0.15) is 72.0 Å². The van der Waals surface area contributed by atoms with Crippen molar-refractivity contribution >= 4 is 11.8 Å². The third-order valence-electron chi connectivity index (χ3n) is 4.57. The van der Waals surface area contributed by atoms with Gasteiger partial charge in [-0.05, 0) is 26.3 Å². The Balaban J connectivity index is 2.44. The van der Waals surface area contributed by atoms with Crippen LogP contribution in [0.25, 0.3) is 0 Å². The van der Waals surface area contributed by atoms with E-state index in [4.69, 9.17) is 0 Å². The molecule has 0 spiro atoms. The Morgan fingerprint density at radius 3 is 2.32 bits per heavy atom. The first-order valence-corrected chi connectivity index (χ1v) is 9.87. The summed E-state index contributed by atoms with van der Waals surface area (Å²) in [7, 11) is 0. The summed E-state index contributed by atoms with van der Waals surface area (Å²) in [6.45, 7) is 5.77. The lowest BCUT2D eigenvalue weighted by atomic mass is 10.1. The van der Waals surface area contributed by atoms with Gasteiger partial charge in [0.15, 0.2) is 6.04 Å². The number of nitrogens with zero attached hydrogens (tertiary/aromatic N) is 2. The molecule has 2 heterocycles. The Kier molecular flexibility index (Phi) is 7.95. The van der Waals surface area contributed by atoms with Gasteiger partial charge in [-0.15, -0.1) is 0 Å². The van der Waals surface area contributed by atoms with Crippen molar-refractivity contribution < 1.29 is 22.8 Å². The van der Waals surface area contributed by atoms with Crippen LogP contribution in [0.3, 0.4) is 0 Å². The molecule has 0 saturated heterocycles. The van der Waals surface area contributed by atoms with E-state index in [1.165, 1.54) is 29.1 Å². The highest BCUT2D eigenvalue weighted by atomic mass is 19.4. The second kappa shape index (κ2) is 10.2. The molecule has 0 aliphatic heterocycles. The number of halogens is 3. The van der Waals surface area contributed by atoms with Gasteiger partial charge in [0.2, 0.25) is 5.43 Å². The molecule has 0 aliphatic rings. The molecule has 0 saturated carbocycles. The van der Waals surface area contributed by atoms with Crippen molar-refractivity contribution in [3.05, 3.63) is 63.8 Å². The van der Waals surface area contributed by atoms with Crippen molar-refractivity contribution in [1.82, 2.24) is 20.2 Å². The summed E-state index contributed by atoms with van der Waals surface area (Å²) in [4.78, 5) is 41.6. The minimum Gasteiger partial charge on any atom is -0.352 e. The van der Waals surface area contributed by atoms with Gasteiger partial charge in [0, 0.05) is 42.9 Å². The Hall–Kier alpha value is -3.17. The summed E-state index contributed by atoms with van der Waals surface area (Å²) in [6.07, 6.45) is 1.46. The van der Waals surface area contributed by atoms with E-state index >= 15 is 0 Å². The number of carbonyl (C=O) groups excluding carboxylic acids is 2. The van der Waals surface area contributed by atoms with Gasteiger partial charge in [0.1, 0.15) is 11.1 Å². The van der Waals surface area contributed by atoms with Gasteiger partial charge in [-0.2, -0.15) is 13.2 Å². The highest BCUT2D eigenvalue weighted by molar-refractivity contribution is 5.99. The monoisotopic (exact) mass is 438 g/mol. The number of alkyl halides is 3. The predicted octanol–water partition coefficient (Wildman–Crippen LogP) is 3.39. The van der Waals surface area contributed by atoms with Gasteiger partial charge in [-0.3, -0.25) is 19.4 Å². The molecule has 10 heteroatoms. The number of nitrogens with one attached hydrogen (secondary N) is 2. The Morgan fingerprint density at radius 2 is 1.81 bits per heavy atom. The lowest BCUT2D eigenvalue weighted by Crippen LogP contribution is -2.41. The van der Waals surface area contributed by atoms with E-state index in [0.29, 0.717) is 13.0 Å². The van der Waals surface area contributed by atoms with Crippen LogP contribution in [0.15, 0.2) is 41.7 Å². The van der Waals surface area contributed by atoms with E-state index < -0.39 is 35.0 Å². The standard InChI is InChI=1S/C21H25F3N4O3/c1-4-5-9-26-19(30)15-11-28(13(2)3)12-16(17(15)29)20(31)27-18(21(22,23)24)14-7-6-8-25-10-14/h6-8,10-13,18H,4-5,9H2,1-3H3,(H,26,30)(H,27,31)/t18-/m0/s1. The van der Waals surface area contributed by atoms with E-state index in [1.54, 1.807) is 13.8 Å². The summed E-state index contributed by atoms with van der Waals surface area (Å²) in [5.41, 5.74) is -2.06. The quantitative estimate of drug-likeness (QED) is 0.618. The summed E-state index contributed by atoms with van der Waals surface area (Å²) in [6, 6.07) is -0.114. The molecule has 1 atom stereocenters. The van der Waals surface area contributed by atoms with Gasteiger partial charge < -0.3 is 15.2 Å². The van der Waals surface area contributed by atoms with E-state index in [0.717, 1.165) is 18.8 Å². The number of rotatable bonds is 8. The number of pyridine rings is 2. The van der Waals surface area contributed by atoms with Crippen LogP contribution in [0.2, 0.25) is 0 Å². The van der Waals surface area contributed by atoms with E-state index in [1.807, 2.05) is 12.2 Å². The van der Waals surface area contributed by atoms with Gasteiger partial charge >= 0.3 is 6.18 Å². The van der Waals surface area contributed by atoms with Crippen molar-refractivity contribution in [2.24, 2.45) is 0 Å². The average Bonchev–Trinajstić information content (AvgIpc) is 2.71. The number of carbonyl (C=O) groups is 2. The van der Waals surface area contributed by atoms with E-state index in [9.17, 15) is 27.6 Å². The van der Waals surface area contributed by atoms with Crippen molar-refractivity contribution in [2.45, 2.75) is 51.9 Å². The molecule has 0 unspecified atom stereocenters. The van der Waals surface area contributed by atoms with Gasteiger partial charge in [0.25, 0.3) is 11.8 Å². The third kappa shape index (κ3) is 6.16. The largest absolute Gasteiger partial charge is 0.412 e. The predicted molar refractivity (Wildman–Crippen MR) is 109 cm³/mol. The van der Waals surface area contributed by atoms with Crippen LogP contribution < -0.4 is 16.1 Å². The normalized spacial score (nSPS) is 12.5. The van der Waals surface area contributed by atoms with Gasteiger partial charge in [0.05, 0.1) is 0 Å². The zero-order valence-electron chi connectivity index (χ0n) is 17.5. The summed E-state index contributed by atoms with van der Waals surface area (Å²) < 4.78 is 42.2. The molecule has 31 heavy (non-hydrogen) atoms. The average molecular weight is 438 g/mol. The van der Waals surface area contributed by atoms with Gasteiger partial charge in [-0.25, -0.2) is 0 Å². The minimum absolute atomic E-state index is 0.244. The van der Waals surface area contributed by atoms with E-state index in [-0.39, 0.29) is 17.2 Å².